The predicted molar refractivity (Wildman–Crippen MR) is 58.1 cm³/mol. The van der Waals surface area contributed by atoms with E-state index in [1.54, 1.807) is 12.3 Å². The summed E-state index contributed by atoms with van der Waals surface area (Å²) in [7, 11) is 0. The molecule has 2 heterocycles. The summed E-state index contributed by atoms with van der Waals surface area (Å²) in [5, 5.41) is 3.58. The normalized spacial score (nSPS) is 18.0. The monoisotopic (exact) mass is 223 g/mol. The summed E-state index contributed by atoms with van der Waals surface area (Å²) in [6, 6.07) is 1.78. The highest BCUT2D eigenvalue weighted by atomic mass is 35.5. The fourth-order valence-electron chi connectivity index (χ4n) is 1.52. The topological polar surface area (TPSA) is 51.0 Å². The second kappa shape index (κ2) is 2.85. The van der Waals surface area contributed by atoms with Gasteiger partial charge in [-0.1, -0.05) is 0 Å². The molecule has 4 nitrogen and oxygen atoms in total. The molecule has 1 aliphatic carbocycles. The van der Waals surface area contributed by atoms with E-state index in [0.29, 0.717) is 11.4 Å². The van der Waals surface area contributed by atoms with Gasteiger partial charge in [-0.25, -0.2) is 4.98 Å². The second-order valence-electron chi connectivity index (χ2n) is 4.16. The Kier molecular flexibility index (Phi) is 1.71. The van der Waals surface area contributed by atoms with Crippen molar-refractivity contribution in [2.75, 3.05) is 5.32 Å². The Hall–Kier alpha value is -1.29. The Morgan fingerprint density at radius 2 is 2.27 bits per heavy atom. The number of anilines is 1. The lowest BCUT2D eigenvalue weighted by Gasteiger charge is -2.11. The molecule has 5 heteroatoms. The van der Waals surface area contributed by atoms with Crippen LogP contribution in [0.2, 0.25) is 5.28 Å². The smallest absolute Gasteiger partial charge is 0.225 e. The molecule has 2 aromatic heterocycles. The quantitative estimate of drug-likeness (QED) is 0.796. The lowest BCUT2D eigenvalue weighted by molar-refractivity contribution is 0.613. The molecule has 3 rings (SSSR count). The Morgan fingerprint density at radius 3 is 3.00 bits per heavy atom. The van der Waals surface area contributed by atoms with Crippen LogP contribution in [-0.2, 0) is 0 Å². The number of nitrogens with one attached hydrogen (secondary N) is 1. The number of nitrogens with zero attached hydrogens (tertiary/aromatic N) is 2. The van der Waals surface area contributed by atoms with Crippen molar-refractivity contribution in [3.8, 4) is 0 Å². The highest BCUT2D eigenvalue weighted by Gasteiger charge is 2.38. The van der Waals surface area contributed by atoms with Crippen LogP contribution in [0, 0.1) is 0 Å². The molecule has 0 amide bonds. The molecule has 0 saturated heterocycles. The van der Waals surface area contributed by atoms with Gasteiger partial charge >= 0.3 is 0 Å². The van der Waals surface area contributed by atoms with Crippen molar-refractivity contribution in [2.45, 2.75) is 25.3 Å². The zero-order valence-electron chi connectivity index (χ0n) is 8.25. The van der Waals surface area contributed by atoms with Crippen LogP contribution < -0.4 is 5.32 Å². The number of hydrogen-bond donors (Lipinski definition) is 1. The van der Waals surface area contributed by atoms with Gasteiger partial charge in [-0.3, -0.25) is 0 Å². The van der Waals surface area contributed by atoms with Crippen molar-refractivity contribution < 1.29 is 4.42 Å². The molecule has 1 aliphatic rings. The van der Waals surface area contributed by atoms with Gasteiger partial charge in [-0.15, -0.1) is 0 Å². The third kappa shape index (κ3) is 1.55. The minimum absolute atomic E-state index is 0.150. The molecule has 78 valence electrons. The van der Waals surface area contributed by atoms with E-state index in [0.717, 1.165) is 18.4 Å². The Morgan fingerprint density at radius 1 is 1.47 bits per heavy atom. The Balaban J connectivity index is 2.11. The van der Waals surface area contributed by atoms with Gasteiger partial charge in [-0.2, -0.15) is 4.98 Å². The maximum Gasteiger partial charge on any atom is 0.225 e. The summed E-state index contributed by atoms with van der Waals surface area (Å²) in [5.41, 5.74) is 1.56. The van der Waals surface area contributed by atoms with E-state index in [9.17, 15) is 0 Å². The van der Waals surface area contributed by atoms with E-state index in [1.807, 2.05) is 0 Å². The Labute approximate surface area is 91.7 Å². The molecular weight excluding hydrogens is 214 g/mol. The van der Waals surface area contributed by atoms with Crippen molar-refractivity contribution >= 4 is 28.5 Å². The fourth-order valence-corrected chi connectivity index (χ4v) is 1.69. The van der Waals surface area contributed by atoms with E-state index in [4.69, 9.17) is 16.0 Å². The summed E-state index contributed by atoms with van der Waals surface area (Å²) in [6.45, 7) is 2.15. The third-order valence-corrected chi connectivity index (χ3v) is 2.87. The molecule has 1 saturated carbocycles. The van der Waals surface area contributed by atoms with Crippen LogP contribution in [0.1, 0.15) is 19.8 Å². The third-order valence-electron chi connectivity index (χ3n) is 2.70. The lowest BCUT2D eigenvalue weighted by atomic mass is 10.3. The van der Waals surface area contributed by atoms with Gasteiger partial charge in [0.2, 0.25) is 5.28 Å². The number of fused-ring (bicyclic) bond motifs is 1. The van der Waals surface area contributed by atoms with Gasteiger partial charge < -0.3 is 9.73 Å². The first-order valence-corrected chi connectivity index (χ1v) is 5.23. The van der Waals surface area contributed by atoms with E-state index >= 15 is 0 Å². The first kappa shape index (κ1) is 8.97. The molecule has 1 fully saturated rings. The molecule has 0 bridgehead atoms. The average molecular weight is 224 g/mol. The molecule has 0 unspecified atom stereocenters. The highest BCUT2D eigenvalue weighted by Crippen LogP contribution is 2.39. The van der Waals surface area contributed by atoms with E-state index in [2.05, 4.69) is 22.2 Å². The first-order chi connectivity index (χ1) is 7.16. The fraction of sp³-hybridized carbons (Fsp3) is 0.400. The van der Waals surface area contributed by atoms with Crippen molar-refractivity contribution in [2.24, 2.45) is 0 Å². The maximum absolute atomic E-state index is 5.83. The van der Waals surface area contributed by atoms with E-state index in [1.165, 1.54) is 0 Å². The number of aromatic nitrogens is 2. The van der Waals surface area contributed by atoms with Crippen LogP contribution >= 0.6 is 11.6 Å². The zero-order chi connectivity index (χ0) is 10.5. The SMILES string of the molecule is CC1(Nc2nc(Cl)nc3ccoc23)CC1. The largest absolute Gasteiger partial charge is 0.459 e. The second-order valence-corrected chi connectivity index (χ2v) is 4.50. The molecule has 0 spiro atoms. The molecule has 0 radical (unpaired) electrons. The van der Waals surface area contributed by atoms with Crippen molar-refractivity contribution in [3.63, 3.8) is 0 Å². The molecule has 2 aromatic rings. The first-order valence-electron chi connectivity index (χ1n) is 4.85. The number of furan rings is 1. The molecular formula is C10H10ClN3O. The van der Waals surface area contributed by atoms with Crippen molar-refractivity contribution in [1.82, 2.24) is 9.97 Å². The number of halogens is 1. The maximum atomic E-state index is 5.83. The van der Waals surface area contributed by atoms with E-state index in [-0.39, 0.29) is 10.8 Å². The summed E-state index contributed by atoms with van der Waals surface area (Å²) < 4.78 is 5.33. The molecule has 1 N–H and O–H groups in total. The average Bonchev–Trinajstić information content (AvgIpc) is 2.73. The zero-order valence-corrected chi connectivity index (χ0v) is 9.01. The van der Waals surface area contributed by atoms with Gasteiger partial charge in [0, 0.05) is 11.6 Å². The summed E-state index contributed by atoms with van der Waals surface area (Å²) in [4.78, 5) is 8.22. The van der Waals surface area contributed by atoms with Crippen LogP contribution in [0.25, 0.3) is 11.1 Å². The standard InChI is InChI=1S/C10H10ClN3O/c1-10(3-4-10)14-8-7-6(2-5-15-7)12-9(11)13-8/h2,5H,3-4H2,1H3,(H,12,13,14). The summed E-state index contributed by atoms with van der Waals surface area (Å²) in [5.74, 6) is 0.690. The van der Waals surface area contributed by atoms with Crippen LogP contribution in [-0.4, -0.2) is 15.5 Å². The minimum Gasteiger partial charge on any atom is -0.459 e. The van der Waals surface area contributed by atoms with E-state index < -0.39 is 0 Å². The van der Waals surface area contributed by atoms with Crippen LogP contribution in [0.15, 0.2) is 16.7 Å². The van der Waals surface area contributed by atoms with Crippen LogP contribution in [0.3, 0.4) is 0 Å². The number of rotatable bonds is 2. The van der Waals surface area contributed by atoms with Gasteiger partial charge in [-0.05, 0) is 31.4 Å². The molecule has 15 heavy (non-hydrogen) atoms. The van der Waals surface area contributed by atoms with Crippen molar-refractivity contribution in [1.29, 1.82) is 0 Å². The van der Waals surface area contributed by atoms with Gasteiger partial charge in [0.15, 0.2) is 11.4 Å². The Bertz CT molecular complexity index is 518. The van der Waals surface area contributed by atoms with Crippen molar-refractivity contribution in [3.05, 3.63) is 17.6 Å². The van der Waals surface area contributed by atoms with Gasteiger partial charge in [0.1, 0.15) is 5.52 Å². The van der Waals surface area contributed by atoms with Crippen LogP contribution in [0.4, 0.5) is 5.82 Å². The highest BCUT2D eigenvalue weighted by molar-refractivity contribution is 6.28. The lowest BCUT2D eigenvalue weighted by Crippen LogP contribution is -2.17. The summed E-state index contributed by atoms with van der Waals surface area (Å²) in [6.07, 6.45) is 3.89. The predicted octanol–water partition coefficient (Wildman–Crippen LogP) is 2.84. The van der Waals surface area contributed by atoms with Gasteiger partial charge in [0.25, 0.3) is 0 Å². The summed E-state index contributed by atoms with van der Waals surface area (Å²) >= 11 is 5.83. The minimum atomic E-state index is 0.150. The molecule has 0 atom stereocenters. The van der Waals surface area contributed by atoms with Crippen LogP contribution in [0.5, 0.6) is 0 Å². The number of hydrogen-bond acceptors (Lipinski definition) is 4. The van der Waals surface area contributed by atoms with Gasteiger partial charge in [0.05, 0.1) is 6.26 Å². The molecule has 0 aliphatic heterocycles. The molecule has 0 aromatic carbocycles.